The van der Waals surface area contributed by atoms with Gasteiger partial charge in [0.1, 0.15) is 11.8 Å². The second-order valence-corrected chi connectivity index (χ2v) is 4.36. The van der Waals surface area contributed by atoms with Gasteiger partial charge in [-0.25, -0.2) is 4.98 Å². The van der Waals surface area contributed by atoms with Gasteiger partial charge >= 0.3 is 0 Å². The largest absolute Gasteiger partial charge is 0.337 e. The SMILES string of the molecule is CCC1CCN(C(=O)c2ccc(C#N)cn2)C1. The quantitative estimate of drug-likeness (QED) is 0.777. The molecule has 0 aromatic carbocycles. The second-order valence-electron chi connectivity index (χ2n) is 4.36. The van der Waals surface area contributed by atoms with E-state index in [-0.39, 0.29) is 5.91 Å². The van der Waals surface area contributed by atoms with Crippen LogP contribution in [0.1, 0.15) is 35.8 Å². The Morgan fingerprint density at radius 1 is 1.65 bits per heavy atom. The van der Waals surface area contributed by atoms with Gasteiger partial charge in [-0.2, -0.15) is 5.26 Å². The smallest absolute Gasteiger partial charge is 0.272 e. The fourth-order valence-corrected chi connectivity index (χ4v) is 2.10. The molecule has 0 radical (unpaired) electrons. The van der Waals surface area contributed by atoms with Gasteiger partial charge < -0.3 is 4.90 Å². The summed E-state index contributed by atoms with van der Waals surface area (Å²) in [6, 6.07) is 5.25. The van der Waals surface area contributed by atoms with Gasteiger partial charge in [-0.3, -0.25) is 4.79 Å². The summed E-state index contributed by atoms with van der Waals surface area (Å²) in [4.78, 5) is 18.0. The van der Waals surface area contributed by atoms with Gasteiger partial charge in [-0.1, -0.05) is 13.3 Å². The summed E-state index contributed by atoms with van der Waals surface area (Å²) in [5.41, 5.74) is 0.912. The maximum atomic E-state index is 12.1. The molecule has 1 amide bonds. The lowest BCUT2D eigenvalue weighted by atomic mass is 10.1. The van der Waals surface area contributed by atoms with Crippen molar-refractivity contribution in [3.8, 4) is 6.07 Å². The van der Waals surface area contributed by atoms with E-state index >= 15 is 0 Å². The number of nitrogens with zero attached hydrogens (tertiary/aromatic N) is 3. The lowest BCUT2D eigenvalue weighted by molar-refractivity contribution is 0.0781. The number of hydrogen-bond donors (Lipinski definition) is 0. The number of pyridine rings is 1. The lowest BCUT2D eigenvalue weighted by Crippen LogP contribution is -2.29. The average molecular weight is 229 g/mol. The fourth-order valence-electron chi connectivity index (χ4n) is 2.10. The van der Waals surface area contributed by atoms with Gasteiger partial charge in [0.2, 0.25) is 0 Å². The van der Waals surface area contributed by atoms with E-state index in [2.05, 4.69) is 11.9 Å². The van der Waals surface area contributed by atoms with Crippen LogP contribution in [-0.2, 0) is 0 Å². The zero-order valence-electron chi connectivity index (χ0n) is 9.89. The van der Waals surface area contributed by atoms with E-state index in [4.69, 9.17) is 5.26 Å². The van der Waals surface area contributed by atoms with Crippen molar-refractivity contribution in [2.45, 2.75) is 19.8 Å². The van der Waals surface area contributed by atoms with Crippen LogP contribution < -0.4 is 0 Å². The molecule has 1 aliphatic heterocycles. The monoisotopic (exact) mass is 229 g/mol. The maximum absolute atomic E-state index is 12.1. The van der Waals surface area contributed by atoms with Crippen LogP contribution in [0, 0.1) is 17.2 Å². The highest BCUT2D eigenvalue weighted by Crippen LogP contribution is 2.20. The number of carbonyl (C=O) groups excluding carboxylic acids is 1. The zero-order chi connectivity index (χ0) is 12.3. The van der Waals surface area contributed by atoms with Crippen LogP contribution >= 0.6 is 0 Å². The molecule has 1 aromatic rings. The van der Waals surface area contributed by atoms with Gasteiger partial charge in [-0.15, -0.1) is 0 Å². The van der Waals surface area contributed by atoms with Crippen molar-refractivity contribution in [1.29, 1.82) is 5.26 Å². The summed E-state index contributed by atoms with van der Waals surface area (Å²) < 4.78 is 0. The Balaban J connectivity index is 2.07. The van der Waals surface area contributed by atoms with Crippen molar-refractivity contribution in [3.05, 3.63) is 29.6 Å². The minimum atomic E-state index is -0.0227. The van der Waals surface area contributed by atoms with Crippen molar-refractivity contribution < 1.29 is 4.79 Å². The van der Waals surface area contributed by atoms with E-state index in [1.807, 2.05) is 11.0 Å². The standard InChI is InChI=1S/C13H15N3O/c1-2-10-5-6-16(9-10)13(17)12-4-3-11(7-14)8-15-12/h3-4,8,10H,2,5-6,9H2,1H3. The van der Waals surface area contributed by atoms with Crippen molar-refractivity contribution in [1.82, 2.24) is 9.88 Å². The molecular formula is C13H15N3O. The molecule has 0 saturated carbocycles. The van der Waals surface area contributed by atoms with Crippen LogP contribution in [0.4, 0.5) is 0 Å². The summed E-state index contributed by atoms with van der Waals surface area (Å²) in [5, 5.41) is 8.66. The Hall–Kier alpha value is -1.89. The van der Waals surface area contributed by atoms with Crippen molar-refractivity contribution in [2.24, 2.45) is 5.92 Å². The van der Waals surface area contributed by atoms with Gasteiger partial charge in [-0.05, 0) is 24.5 Å². The van der Waals surface area contributed by atoms with Gasteiger partial charge in [0, 0.05) is 19.3 Å². The van der Waals surface area contributed by atoms with Gasteiger partial charge in [0.25, 0.3) is 5.91 Å². The van der Waals surface area contributed by atoms with Crippen molar-refractivity contribution in [2.75, 3.05) is 13.1 Å². The average Bonchev–Trinajstić information content (AvgIpc) is 2.87. The maximum Gasteiger partial charge on any atom is 0.272 e. The molecule has 4 nitrogen and oxygen atoms in total. The van der Waals surface area contributed by atoms with Crippen LogP contribution in [0.3, 0.4) is 0 Å². The van der Waals surface area contributed by atoms with E-state index in [0.29, 0.717) is 17.2 Å². The molecule has 0 N–H and O–H groups in total. The van der Waals surface area contributed by atoms with E-state index in [0.717, 1.165) is 25.9 Å². The normalized spacial score (nSPS) is 19.1. The molecular weight excluding hydrogens is 214 g/mol. The third-order valence-electron chi connectivity index (χ3n) is 3.26. The predicted molar refractivity (Wildman–Crippen MR) is 63.3 cm³/mol. The number of aromatic nitrogens is 1. The molecule has 1 aliphatic rings. The van der Waals surface area contributed by atoms with E-state index in [9.17, 15) is 4.79 Å². The van der Waals surface area contributed by atoms with Gasteiger partial charge in [0.15, 0.2) is 0 Å². The summed E-state index contributed by atoms with van der Waals surface area (Å²) in [5.74, 6) is 0.600. The molecule has 88 valence electrons. The second kappa shape index (κ2) is 4.96. The van der Waals surface area contributed by atoms with Crippen LogP contribution in [0.25, 0.3) is 0 Å². The third-order valence-corrected chi connectivity index (χ3v) is 3.26. The van der Waals surface area contributed by atoms with Gasteiger partial charge in [0.05, 0.1) is 5.56 Å². The van der Waals surface area contributed by atoms with Crippen LogP contribution in [0.15, 0.2) is 18.3 Å². The van der Waals surface area contributed by atoms with Crippen LogP contribution in [0.2, 0.25) is 0 Å². The minimum absolute atomic E-state index is 0.0227. The molecule has 0 bridgehead atoms. The van der Waals surface area contributed by atoms with Crippen molar-refractivity contribution >= 4 is 5.91 Å². The first kappa shape index (κ1) is 11.6. The molecule has 2 rings (SSSR count). The molecule has 1 fully saturated rings. The highest BCUT2D eigenvalue weighted by atomic mass is 16.2. The molecule has 4 heteroatoms. The Morgan fingerprint density at radius 2 is 2.47 bits per heavy atom. The molecule has 1 aromatic heterocycles. The minimum Gasteiger partial charge on any atom is -0.337 e. The van der Waals surface area contributed by atoms with Crippen LogP contribution in [-0.4, -0.2) is 28.9 Å². The zero-order valence-corrected chi connectivity index (χ0v) is 9.89. The number of hydrogen-bond acceptors (Lipinski definition) is 3. The fraction of sp³-hybridized carbons (Fsp3) is 0.462. The molecule has 1 atom stereocenters. The van der Waals surface area contributed by atoms with E-state index in [1.165, 1.54) is 6.20 Å². The Kier molecular flexibility index (Phi) is 3.38. The highest BCUT2D eigenvalue weighted by molar-refractivity contribution is 5.92. The Labute approximate surface area is 101 Å². The number of amides is 1. The van der Waals surface area contributed by atoms with E-state index < -0.39 is 0 Å². The summed E-state index contributed by atoms with van der Waals surface area (Å²) in [7, 11) is 0. The number of nitriles is 1. The molecule has 1 saturated heterocycles. The summed E-state index contributed by atoms with van der Waals surface area (Å²) in [6.45, 7) is 3.80. The predicted octanol–water partition coefficient (Wildman–Crippen LogP) is 1.83. The van der Waals surface area contributed by atoms with Crippen LogP contribution in [0.5, 0.6) is 0 Å². The Bertz CT molecular complexity index is 447. The molecule has 17 heavy (non-hydrogen) atoms. The van der Waals surface area contributed by atoms with Crippen molar-refractivity contribution in [3.63, 3.8) is 0 Å². The molecule has 1 unspecified atom stereocenters. The molecule has 2 heterocycles. The first-order valence-corrected chi connectivity index (χ1v) is 5.90. The first-order valence-electron chi connectivity index (χ1n) is 5.90. The lowest BCUT2D eigenvalue weighted by Gasteiger charge is -2.15. The number of carbonyl (C=O) groups is 1. The topological polar surface area (TPSA) is 57.0 Å². The number of rotatable bonds is 2. The Morgan fingerprint density at radius 3 is 3.00 bits per heavy atom. The summed E-state index contributed by atoms with van der Waals surface area (Å²) in [6.07, 6.45) is 3.64. The summed E-state index contributed by atoms with van der Waals surface area (Å²) >= 11 is 0. The number of likely N-dealkylation sites (tertiary alicyclic amines) is 1. The third kappa shape index (κ3) is 2.44. The molecule has 0 spiro atoms. The highest BCUT2D eigenvalue weighted by Gasteiger charge is 2.26. The first-order chi connectivity index (χ1) is 8.24. The van der Waals surface area contributed by atoms with E-state index in [1.54, 1.807) is 12.1 Å². The molecule has 0 aliphatic carbocycles.